The molecule has 0 fully saturated rings. The van der Waals surface area contributed by atoms with E-state index in [1.807, 2.05) is 0 Å². The van der Waals surface area contributed by atoms with Crippen LogP contribution in [0.2, 0.25) is 0 Å². The molecule has 6 heteroatoms. The van der Waals surface area contributed by atoms with E-state index in [1.165, 1.54) is 0 Å². The first-order valence-corrected chi connectivity index (χ1v) is 3.23. The summed E-state index contributed by atoms with van der Waals surface area (Å²) < 4.78 is 30.4. The summed E-state index contributed by atoms with van der Waals surface area (Å²) in [5.41, 5.74) is 0. The van der Waals surface area contributed by atoms with Gasteiger partial charge >= 0.3 is 12.4 Å². The van der Waals surface area contributed by atoms with Gasteiger partial charge in [-0.1, -0.05) is 11.8 Å². The molecule has 0 N–H and O–H groups in total. The maximum absolute atomic E-state index is 11.4. The maximum atomic E-state index is 11.4. The zero-order valence-corrected chi connectivity index (χ0v) is 6.51. The van der Waals surface area contributed by atoms with Gasteiger partial charge in [0.1, 0.15) is 6.61 Å². The number of halogens is 2. The minimum atomic E-state index is -1.91. The number of carbonyl (C=O) groups excluding carboxylic acids is 2. The second-order valence-electron chi connectivity index (χ2n) is 1.72. The van der Waals surface area contributed by atoms with Gasteiger partial charge in [0.2, 0.25) is 0 Å². The van der Waals surface area contributed by atoms with Crippen molar-refractivity contribution >= 4 is 12.4 Å². The number of hydrogen-bond donors (Lipinski definition) is 0. The van der Waals surface area contributed by atoms with Crippen molar-refractivity contribution < 1.29 is 27.8 Å². The minimum Gasteiger partial charge on any atom is -0.439 e. The third-order valence-corrected chi connectivity index (χ3v) is 0.825. The molecule has 0 aromatic carbocycles. The van der Waals surface area contributed by atoms with Crippen LogP contribution in [0.3, 0.4) is 0 Å². The Balaban J connectivity index is 3.30. The molecular formula is C7H6F2O4. The van der Waals surface area contributed by atoms with Crippen LogP contribution in [0.4, 0.5) is 18.4 Å². The lowest BCUT2D eigenvalue weighted by atomic mass is 10.4. The van der Waals surface area contributed by atoms with Gasteiger partial charge in [0.15, 0.2) is 6.61 Å². The highest BCUT2D eigenvalue weighted by atomic mass is 19.2. The molecule has 0 aromatic rings. The molecule has 13 heavy (non-hydrogen) atoms. The zero-order valence-electron chi connectivity index (χ0n) is 6.51. The van der Waals surface area contributed by atoms with Crippen molar-refractivity contribution in [3.63, 3.8) is 0 Å². The van der Waals surface area contributed by atoms with Crippen LogP contribution in [0.5, 0.6) is 0 Å². The van der Waals surface area contributed by atoms with E-state index in [1.54, 1.807) is 0 Å². The summed E-state index contributed by atoms with van der Waals surface area (Å²) in [6, 6.07) is 0. The predicted octanol–water partition coefficient (Wildman–Crippen LogP) is 1.59. The Hall–Kier alpha value is -1.64. The summed E-state index contributed by atoms with van der Waals surface area (Å²) in [6.07, 6.45) is -3.69. The molecule has 0 saturated carbocycles. The van der Waals surface area contributed by atoms with Crippen LogP contribution in [0.15, 0.2) is 0 Å². The van der Waals surface area contributed by atoms with E-state index in [0.29, 0.717) is 0 Å². The topological polar surface area (TPSA) is 52.6 Å². The average molecular weight is 192 g/mol. The second kappa shape index (κ2) is 7.03. The molecule has 0 amide bonds. The molecule has 0 rings (SSSR count). The first kappa shape index (κ1) is 11.4. The molecular weight excluding hydrogens is 186 g/mol. The molecule has 0 bridgehead atoms. The van der Waals surface area contributed by atoms with Gasteiger partial charge in [-0.3, -0.25) is 0 Å². The quantitative estimate of drug-likeness (QED) is 0.387. The van der Waals surface area contributed by atoms with Crippen LogP contribution in [-0.4, -0.2) is 25.7 Å². The van der Waals surface area contributed by atoms with E-state index < -0.39 is 12.4 Å². The van der Waals surface area contributed by atoms with Gasteiger partial charge < -0.3 is 9.47 Å². The van der Waals surface area contributed by atoms with Gasteiger partial charge in [-0.2, -0.15) is 0 Å². The van der Waals surface area contributed by atoms with Crippen LogP contribution in [0, 0.1) is 11.8 Å². The summed E-state index contributed by atoms with van der Waals surface area (Å²) in [5.74, 6) is 4.60. The standard InChI is InChI=1S/C7H6F2O4/c8-6(10)12-4-2-1-3-5-13-7(9)11/h2,4-5H2. The highest BCUT2D eigenvalue weighted by Crippen LogP contribution is 1.85. The van der Waals surface area contributed by atoms with Gasteiger partial charge in [-0.15, -0.1) is 8.78 Å². The monoisotopic (exact) mass is 192 g/mol. The van der Waals surface area contributed by atoms with E-state index in [0.717, 1.165) is 0 Å². The van der Waals surface area contributed by atoms with Crippen molar-refractivity contribution in [3.05, 3.63) is 0 Å². The zero-order chi connectivity index (χ0) is 10.1. The van der Waals surface area contributed by atoms with Gasteiger partial charge in [0.25, 0.3) is 0 Å². The SMILES string of the molecule is O=C(F)OCC#CCCOC(=O)F. The Morgan fingerprint density at radius 1 is 1.08 bits per heavy atom. The molecule has 0 spiro atoms. The van der Waals surface area contributed by atoms with E-state index >= 15 is 0 Å². The molecule has 0 aliphatic rings. The largest absolute Gasteiger partial charge is 0.496 e. The number of carbonyl (C=O) groups is 2. The fourth-order valence-electron chi connectivity index (χ4n) is 0.415. The molecule has 0 atom stereocenters. The highest BCUT2D eigenvalue weighted by molar-refractivity contribution is 5.58. The Labute approximate surface area is 72.8 Å². The van der Waals surface area contributed by atoms with E-state index in [9.17, 15) is 18.4 Å². The Morgan fingerprint density at radius 2 is 1.69 bits per heavy atom. The van der Waals surface area contributed by atoms with Gasteiger partial charge in [-0.25, -0.2) is 9.59 Å². The van der Waals surface area contributed by atoms with Gasteiger partial charge in [0, 0.05) is 6.42 Å². The molecule has 0 aliphatic heterocycles. The first-order chi connectivity index (χ1) is 6.13. The van der Waals surface area contributed by atoms with Gasteiger partial charge in [-0.05, 0) is 0 Å². The second-order valence-corrected chi connectivity index (χ2v) is 1.72. The highest BCUT2D eigenvalue weighted by Gasteiger charge is 1.94. The molecule has 0 radical (unpaired) electrons. The van der Waals surface area contributed by atoms with E-state index in [4.69, 9.17) is 0 Å². The molecule has 4 nitrogen and oxygen atoms in total. The Morgan fingerprint density at radius 3 is 2.23 bits per heavy atom. The number of rotatable bonds is 3. The summed E-state index contributed by atoms with van der Waals surface area (Å²) in [6.45, 7) is -0.565. The molecule has 0 aromatic heterocycles. The van der Waals surface area contributed by atoms with Crippen molar-refractivity contribution in [2.75, 3.05) is 13.2 Å². The molecule has 72 valence electrons. The third kappa shape index (κ3) is 10.4. The Kier molecular flexibility index (Phi) is 6.15. The van der Waals surface area contributed by atoms with Crippen molar-refractivity contribution in [3.8, 4) is 11.8 Å². The van der Waals surface area contributed by atoms with E-state index in [-0.39, 0.29) is 19.6 Å². The normalized spacial score (nSPS) is 8.15. The lowest BCUT2D eigenvalue weighted by Crippen LogP contribution is -1.97. The number of ether oxygens (including phenoxy) is 2. The fourth-order valence-corrected chi connectivity index (χ4v) is 0.415. The summed E-state index contributed by atoms with van der Waals surface area (Å²) in [7, 11) is 0. The smallest absolute Gasteiger partial charge is 0.439 e. The summed E-state index contributed by atoms with van der Waals surface area (Å²) >= 11 is 0. The lowest BCUT2D eigenvalue weighted by Gasteiger charge is -1.91. The summed E-state index contributed by atoms with van der Waals surface area (Å²) in [4.78, 5) is 19.1. The van der Waals surface area contributed by atoms with Crippen LogP contribution in [-0.2, 0) is 9.47 Å². The van der Waals surface area contributed by atoms with Gasteiger partial charge in [0.05, 0.1) is 0 Å². The van der Waals surface area contributed by atoms with Crippen LogP contribution in [0.25, 0.3) is 0 Å². The van der Waals surface area contributed by atoms with Crippen LogP contribution in [0.1, 0.15) is 6.42 Å². The maximum Gasteiger partial charge on any atom is 0.496 e. The van der Waals surface area contributed by atoms with Crippen molar-refractivity contribution in [1.29, 1.82) is 0 Å². The molecule has 0 unspecified atom stereocenters. The molecule has 0 aliphatic carbocycles. The minimum absolute atomic E-state index is 0.0967. The fraction of sp³-hybridized carbons (Fsp3) is 0.429. The first-order valence-electron chi connectivity index (χ1n) is 3.23. The van der Waals surface area contributed by atoms with E-state index in [2.05, 4.69) is 21.3 Å². The molecule has 0 heterocycles. The predicted molar refractivity (Wildman–Crippen MR) is 37.3 cm³/mol. The van der Waals surface area contributed by atoms with Crippen LogP contribution < -0.4 is 0 Å². The van der Waals surface area contributed by atoms with Crippen molar-refractivity contribution in [2.45, 2.75) is 6.42 Å². The summed E-state index contributed by atoms with van der Waals surface area (Å²) in [5, 5.41) is 0. The lowest BCUT2D eigenvalue weighted by molar-refractivity contribution is 0.123. The van der Waals surface area contributed by atoms with Crippen molar-refractivity contribution in [2.24, 2.45) is 0 Å². The average Bonchev–Trinajstić information content (AvgIpc) is 2.01. The van der Waals surface area contributed by atoms with Crippen LogP contribution >= 0.6 is 0 Å². The molecule has 0 saturated heterocycles. The van der Waals surface area contributed by atoms with Crippen molar-refractivity contribution in [1.82, 2.24) is 0 Å². The number of hydrogen-bond acceptors (Lipinski definition) is 4. The third-order valence-electron chi connectivity index (χ3n) is 0.825. The Bertz CT molecular complexity index is 241.